The van der Waals surface area contributed by atoms with Crippen molar-refractivity contribution in [2.45, 2.75) is 13.1 Å². The Kier molecular flexibility index (Phi) is 4.42. The van der Waals surface area contributed by atoms with Crippen molar-refractivity contribution in [2.24, 2.45) is 0 Å². The predicted molar refractivity (Wildman–Crippen MR) is 99.0 cm³/mol. The number of aliphatic hydroxyl groups excluding tert-OH is 1. The number of aromatic nitrogens is 5. The topological polar surface area (TPSA) is 93.7 Å². The number of hydrogen-bond donors (Lipinski definition) is 3. The second kappa shape index (κ2) is 6.79. The molecule has 3 N–H and O–H groups in total. The third kappa shape index (κ3) is 2.95. The molecule has 7 nitrogen and oxygen atoms in total. The third-order valence-electron chi connectivity index (χ3n) is 4.65. The first-order valence-electron chi connectivity index (χ1n) is 8.68. The van der Waals surface area contributed by atoms with Crippen LogP contribution in [-0.2, 0) is 6.18 Å². The van der Waals surface area contributed by atoms with Crippen molar-refractivity contribution in [3.8, 4) is 11.3 Å². The number of rotatable bonds is 5. The summed E-state index contributed by atoms with van der Waals surface area (Å²) in [6.07, 6.45) is -1.75. The van der Waals surface area contributed by atoms with E-state index >= 15 is 0 Å². The maximum absolute atomic E-state index is 13.3. The minimum Gasteiger partial charge on any atom is -0.395 e. The van der Waals surface area contributed by atoms with E-state index in [0.717, 1.165) is 16.3 Å². The fourth-order valence-electron chi connectivity index (χ4n) is 3.39. The summed E-state index contributed by atoms with van der Waals surface area (Å²) < 4.78 is 40.0. The molecule has 4 aromatic rings. The lowest BCUT2D eigenvalue weighted by molar-refractivity contribution is -0.140. The molecule has 28 heavy (non-hydrogen) atoms. The molecule has 0 aliphatic heterocycles. The van der Waals surface area contributed by atoms with Crippen molar-refractivity contribution in [3.63, 3.8) is 0 Å². The summed E-state index contributed by atoms with van der Waals surface area (Å²) in [7, 11) is 0. The summed E-state index contributed by atoms with van der Waals surface area (Å²) in [6, 6.07) is 5.13. The molecule has 10 heteroatoms. The van der Waals surface area contributed by atoms with Crippen LogP contribution in [0.2, 0.25) is 0 Å². The lowest BCUT2D eigenvalue weighted by Crippen LogP contribution is -2.26. The van der Waals surface area contributed by atoms with Gasteiger partial charge in [-0.1, -0.05) is 0 Å². The van der Waals surface area contributed by atoms with Crippen molar-refractivity contribution in [1.29, 1.82) is 0 Å². The highest BCUT2D eigenvalue weighted by Crippen LogP contribution is 2.39. The highest BCUT2D eigenvalue weighted by Gasteiger charge is 2.37. The molecule has 0 fully saturated rings. The first-order chi connectivity index (χ1) is 13.4. The number of hydrogen-bond acceptors (Lipinski definition) is 5. The maximum atomic E-state index is 13.3. The Labute approximate surface area is 157 Å². The van der Waals surface area contributed by atoms with Crippen LogP contribution < -0.4 is 4.90 Å². The van der Waals surface area contributed by atoms with Crippen molar-refractivity contribution >= 4 is 27.5 Å². The van der Waals surface area contributed by atoms with Gasteiger partial charge in [0, 0.05) is 35.7 Å². The number of alkyl halides is 3. The van der Waals surface area contributed by atoms with Crippen molar-refractivity contribution in [2.75, 3.05) is 24.6 Å². The predicted octanol–water partition coefficient (Wildman–Crippen LogP) is 3.34. The van der Waals surface area contributed by atoms with Crippen LogP contribution in [0.3, 0.4) is 0 Å². The molecule has 3 heterocycles. The van der Waals surface area contributed by atoms with Crippen LogP contribution in [-0.4, -0.2) is 50.2 Å². The Balaban J connectivity index is 2.03. The minimum absolute atomic E-state index is 0.0894. The summed E-state index contributed by atoms with van der Waals surface area (Å²) in [5.74, 6) is 0. The molecule has 146 valence electrons. The van der Waals surface area contributed by atoms with Crippen molar-refractivity contribution in [3.05, 3.63) is 36.3 Å². The zero-order valence-electron chi connectivity index (χ0n) is 14.9. The monoisotopic (exact) mass is 390 g/mol. The van der Waals surface area contributed by atoms with Crippen LogP contribution in [0, 0.1) is 0 Å². The Hall–Kier alpha value is -3.14. The third-order valence-corrected chi connectivity index (χ3v) is 4.65. The fourth-order valence-corrected chi connectivity index (χ4v) is 3.39. The van der Waals surface area contributed by atoms with E-state index < -0.39 is 11.9 Å². The molecule has 0 amide bonds. The number of H-pyrrole nitrogens is 2. The highest BCUT2D eigenvalue weighted by atomic mass is 19.4. The van der Waals surface area contributed by atoms with Crippen LogP contribution >= 0.6 is 0 Å². The van der Waals surface area contributed by atoms with E-state index in [-0.39, 0.29) is 17.9 Å². The van der Waals surface area contributed by atoms with Gasteiger partial charge < -0.3 is 10.0 Å². The van der Waals surface area contributed by atoms with Gasteiger partial charge in [0.25, 0.3) is 0 Å². The number of anilines is 1. The van der Waals surface area contributed by atoms with Crippen LogP contribution in [0.25, 0.3) is 33.1 Å². The second-order valence-electron chi connectivity index (χ2n) is 6.27. The Bertz CT molecular complexity index is 1130. The molecule has 0 aliphatic carbocycles. The molecule has 0 radical (unpaired) electrons. The van der Waals surface area contributed by atoms with E-state index in [0.29, 0.717) is 24.3 Å². The average molecular weight is 390 g/mol. The Morgan fingerprint density at radius 1 is 1.25 bits per heavy atom. The van der Waals surface area contributed by atoms with Gasteiger partial charge in [0.1, 0.15) is 0 Å². The van der Waals surface area contributed by atoms with Crippen LogP contribution in [0.1, 0.15) is 12.6 Å². The van der Waals surface area contributed by atoms with Gasteiger partial charge in [0.05, 0.1) is 35.1 Å². The van der Waals surface area contributed by atoms with Gasteiger partial charge in [-0.25, -0.2) is 4.98 Å². The molecule has 0 saturated carbocycles. The van der Waals surface area contributed by atoms with Gasteiger partial charge in [-0.15, -0.1) is 0 Å². The quantitative estimate of drug-likeness (QED) is 0.486. The molecule has 4 rings (SSSR count). The molecule has 0 aliphatic rings. The normalized spacial score (nSPS) is 12.2. The Morgan fingerprint density at radius 2 is 2.07 bits per heavy atom. The molecule has 0 bridgehead atoms. The van der Waals surface area contributed by atoms with Gasteiger partial charge in [-0.05, 0) is 25.1 Å². The van der Waals surface area contributed by atoms with Crippen LogP contribution in [0.5, 0.6) is 0 Å². The molecular weight excluding hydrogens is 373 g/mol. The summed E-state index contributed by atoms with van der Waals surface area (Å²) >= 11 is 0. The summed E-state index contributed by atoms with van der Waals surface area (Å²) in [6.45, 7) is 2.72. The van der Waals surface area contributed by atoms with Gasteiger partial charge in [0.2, 0.25) is 0 Å². The largest absolute Gasteiger partial charge is 0.435 e. The van der Waals surface area contributed by atoms with E-state index in [1.807, 2.05) is 11.8 Å². The molecule has 0 saturated heterocycles. The average Bonchev–Trinajstić information content (AvgIpc) is 3.33. The standard InChI is InChI=1S/C18H17F3N6O/c1-2-27(5-6-28)15-7-14(11-9-23-26-17(11)18(19,20)21)24-13-4-3-12-10(16(13)15)8-22-25-12/h3-4,7-9,28H,2,5-6H2,1H3,(H,22,25)(H,23,26). The number of benzene rings is 1. The number of nitrogens with zero attached hydrogens (tertiary/aromatic N) is 4. The number of halogens is 3. The van der Waals surface area contributed by atoms with E-state index in [1.165, 1.54) is 6.20 Å². The summed E-state index contributed by atoms with van der Waals surface area (Å²) in [4.78, 5) is 6.36. The van der Waals surface area contributed by atoms with Crippen LogP contribution in [0.15, 0.2) is 30.6 Å². The number of likely N-dealkylation sites (N-methyl/N-ethyl adjacent to an activating group) is 1. The van der Waals surface area contributed by atoms with E-state index in [1.54, 1.807) is 24.4 Å². The molecule has 0 unspecified atom stereocenters. The van der Waals surface area contributed by atoms with E-state index in [9.17, 15) is 18.3 Å². The summed E-state index contributed by atoms with van der Waals surface area (Å²) in [5, 5.41) is 23.6. The zero-order chi connectivity index (χ0) is 19.9. The first kappa shape index (κ1) is 18.2. The molecule has 0 atom stereocenters. The first-order valence-corrected chi connectivity index (χ1v) is 8.68. The molecular formula is C18H17F3N6O. The highest BCUT2D eigenvalue weighted by molar-refractivity contribution is 6.12. The molecule has 3 aromatic heterocycles. The molecule has 1 aromatic carbocycles. The zero-order valence-corrected chi connectivity index (χ0v) is 14.9. The van der Waals surface area contributed by atoms with Crippen molar-refractivity contribution in [1.82, 2.24) is 25.4 Å². The summed E-state index contributed by atoms with van der Waals surface area (Å²) in [5.41, 5.74) is 1.03. The van der Waals surface area contributed by atoms with Gasteiger partial charge in [-0.2, -0.15) is 23.4 Å². The second-order valence-corrected chi connectivity index (χ2v) is 6.27. The number of fused-ring (bicyclic) bond motifs is 3. The van der Waals surface area contributed by atoms with Gasteiger partial charge >= 0.3 is 6.18 Å². The van der Waals surface area contributed by atoms with Gasteiger partial charge in [-0.3, -0.25) is 10.2 Å². The maximum Gasteiger partial charge on any atom is 0.435 e. The fraction of sp³-hybridized carbons (Fsp3) is 0.278. The van der Waals surface area contributed by atoms with E-state index in [4.69, 9.17) is 0 Å². The van der Waals surface area contributed by atoms with Gasteiger partial charge in [0.15, 0.2) is 5.69 Å². The number of nitrogens with one attached hydrogen (secondary N) is 2. The molecule has 0 spiro atoms. The number of pyridine rings is 1. The smallest absolute Gasteiger partial charge is 0.395 e. The Morgan fingerprint density at radius 3 is 2.79 bits per heavy atom. The minimum atomic E-state index is -4.60. The van der Waals surface area contributed by atoms with E-state index in [2.05, 4.69) is 25.4 Å². The number of aromatic amines is 2. The SMILES string of the molecule is CCN(CCO)c1cc(-c2c[nH]nc2C(F)(F)F)nc2ccc3[nH]ncc3c12. The van der Waals surface area contributed by atoms with Crippen LogP contribution in [0.4, 0.5) is 18.9 Å². The number of aliphatic hydroxyl groups is 1. The lowest BCUT2D eigenvalue weighted by atomic mass is 10.0. The van der Waals surface area contributed by atoms with Crippen molar-refractivity contribution < 1.29 is 18.3 Å². The lowest BCUT2D eigenvalue weighted by Gasteiger charge is -2.24.